The van der Waals surface area contributed by atoms with Crippen LogP contribution in [0.2, 0.25) is 0 Å². The zero-order chi connectivity index (χ0) is 16.6. The molecule has 3 rings (SSSR count). The Bertz CT molecular complexity index is 849. The molecule has 120 valence electrons. The van der Waals surface area contributed by atoms with Gasteiger partial charge in [-0.2, -0.15) is 13.2 Å². The monoisotopic (exact) mass is 319 g/mol. The number of hydrogen-bond acceptors (Lipinski definition) is 1. The average Bonchev–Trinajstić information content (AvgIpc) is 2.81. The fourth-order valence-electron chi connectivity index (χ4n) is 2.56. The highest BCUT2D eigenvalue weighted by Gasteiger charge is 2.30. The summed E-state index contributed by atoms with van der Waals surface area (Å²) >= 11 is 0. The molecule has 3 aromatic rings. The zero-order valence-electron chi connectivity index (χ0n) is 12.8. The maximum Gasteiger partial charge on any atom is 0.416 e. The van der Waals surface area contributed by atoms with E-state index >= 15 is 0 Å². The summed E-state index contributed by atoms with van der Waals surface area (Å²) in [5.41, 5.74) is 2.43. The predicted octanol–water partition coefficient (Wildman–Crippen LogP) is 5.08. The summed E-state index contributed by atoms with van der Waals surface area (Å²) in [6.07, 6.45) is -4.36. The van der Waals surface area contributed by atoms with Crippen LogP contribution in [-0.2, 0) is 19.8 Å². The number of rotatable bonds is 3. The lowest BCUT2D eigenvalue weighted by Gasteiger charge is -2.11. The van der Waals surface area contributed by atoms with Crippen LogP contribution in [0.1, 0.15) is 16.8 Å². The van der Waals surface area contributed by atoms with Crippen LogP contribution in [0, 0.1) is 6.92 Å². The Hall–Kier alpha value is -2.43. The van der Waals surface area contributed by atoms with E-state index in [0.717, 1.165) is 34.3 Å². The van der Waals surface area contributed by atoms with E-state index in [1.54, 1.807) is 0 Å². The van der Waals surface area contributed by atoms with Crippen molar-refractivity contribution in [1.29, 1.82) is 0 Å². The molecule has 1 aromatic heterocycles. The maximum atomic E-state index is 12.7. The molecule has 5 heteroatoms. The van der Waals surface area contributed by atoms with Gasteiger partial charge in [0.15, 0.2) is 0 Å². The number of hydrogen-bond donors (Lipinski definition) is 0. The van der Waals surface area contributed by atoms with Crippen LogP contribution in [0.15, 0.2) is 48.5 Å². The SMILES string of the molecule is Cc1ccc2cc(COc3cccc(C(F)(F)F)c3)n(C)c2c1. The summed E-state index contributed by atoms with van der Waals surface area (Å²) < 4.78 is 45.7. The van der Waals surface area contributed by atoms with Crippen molar-refractivity contribution in [3.63, 3.8) is 0 Å². The molecular weight excluding hydrogens is 303 g/mol. The van der Waals surface area contributed by atoms with Gasteiger partial charge in [-0.15, -0.1) is 0 Å². The van der Waals surface area contributed by atoms with Gasteiger partial charge in [0.1, 0.15) is 12.4 Å². The summed E-state index contributed by atoms with van der Waals surface area (Å²) in [6, 6.07) is 13.0. The molecule has 0 radical (unpaired) electrons. The van der Waals surface area contributed by atoms with Crippen LogP contribution >= 0.6 is 0 Å². The van der Waals surface area contributed by atoms with Crippen molar-refractivity contribution in [3.8, 4) is 5.75 Å². The van der Waals surface area contributed by atoms with Crippen molar-refractivity contribution in [2.45, 2.75) is 19.7 Å². The fraction of sp³-hybridized carbons (Fsp3) is 0.222. The molecule has 0 spiro atoms. The van der Waals surface area contributed by atoms with Gasteiger partial charge in [-0.05, 0) is 48.2 Å². The number of aryl methyl sites for hydroxylation is 2. The topological polar surface area (TPSA) is 14.2 Å². The van der Waals surface area contributed by atoms with E-state index in [2.05, 4.69) is 6.07 Å². The molecule has 0 amide bonds. The third-order valence-corrected chi connectivity index (χ3v) is 3.85. The fourth-order valence-corrected chi connectivity index (χ4v) is 2.56. The molecule has 0 aliphatic heterocycles. The number of fused-ring (bicyclic) bond motifs is 1. The van der Waals surface area contributed by atoms with Gasteiger partial charge in [-0.1, -0.05) is 18.2 Å². The summed E-state index contributed by atoms with van der Waals surface area (Å²) in [6.45, 7) is 2.23. The molecule has 0 fully saturated rings. The highest BCUT2D eigenvalue weighted by atomic mass is 19.4. The van der Waals surface area contributed by atoms with Crippen molar-refractivity contribution in [2.24, 2.45) is 7.05 Å². The van der Waals surface area contributed by atoms with Crippen molar-refractivity contribution in [1.82, 2.24) is 4.57 Å². The van der Waals surface area contributed by atoms with E-state index in [-0.39, 0.29) is 12.4 Å². The second kappa shape index (κ2) is 5.65. The van der Waals surface area contributed by atoms with Gasteiger partial charge in [0.25, 0.3) is 0 Å². The normalized spacial score (nSPS) is 11.9. The number of nitrogens with zero attached hydrogens (tertiary/aromatic N) is 1. The van der Waals surface area contributed by atoms with Crippen LogP contribution in [0.5, 0.6) is 5.75 Å². The zero-order valence-corrected chi connectivity index (χ0v) is 12.8. The Labute approximate surface area is 132 Å². The van der Waals surface area contributed by atoms with Crippen molar-refractivity contribution >= 4 is 10.9 Å². The average molecular weight is 319 g/mol. The van der Waals surface area contributed by atoms with Gasteiger partial charge in [-0.25, -0.2) is 0 Å². The van der Waals surface area contributed by atoms with Gasteiger partial charge in [0, 0.05) is 12.6 Å². The Morgan fingerprint density at radius 2 is 1.83 bits per heavy atom. The van der Waals surface area contributed by atoms with Gasteiger partial charge in [0.2, 0.25) is 0 Å². The molecule has 23 heavy (non-hydrogen) atoms. The molecule has 0 saturated heterocycles. The minimum Gasteiger partial charge on any atom is -0.487 e. The molecule has 0 bridgehead atoms. The largest absolute Gasteiger partial charge is 0.487 e. The molecule has 2 aromatic carbocycles. The molecule has 0 N–H and O–H groups in total. The molecule has 0 aliphatic rings. The number of halogens is 3. The van der Waals surface area contributed by atoms with E-state index in [0.29, 0.717) is 0 Å². The molecule has 0 atom stereocenters. The minimum atomic E-state index is -4.36. The summed E-state index contributed by atoms with van der Waals surface area (Å²) in [5.74, 6) is 0.210. The first-order chi connectivity index (χ1) is 10.8. The van der Waals surface area contributed by atoms with Crippen LogP contribution in [0.3, 0.4) is 0 Å². The Kier molecular flexibility index (Phi) is 3.80. The van der Waals surface area contributed by atoms with Crippen molar-refractivity contribution in [2.75, 3.05) is 0 Å². The first-order valence-corrected chi connectivity index (χ1v) is 7.19. The number of benzene rings is 2. The number of alkyl halides is 3. The van der Waals surface area contributed by atoms with E-state index in [1.807, 2.05) is 36.7 Å². The quantitative estimate of drug-likeness (QED) is 0.656. The maximum absolute atomic E-state index is 12.7. The second-order valence-electron chi connectivity index (χ2n) is 5.57. The Balaban J connectivity index is 1.82. The van der Waals surface area contributed by atoms with Crippen LogP contribution in [-0.4, -0.2) is 4.57 Å². The Morgan fingerprint density at radius 3 is 2.57 bits per heavy atom. The Morgan fingerprint density at radius 1 is 1.04 bits per heavy atom. The number of aromatic nitrogens is 1. The highest BCUT2D eigenvalue weighted by molar-refractivity contribution is 5.81. The van der Waals surface area contributed by atoms with E-state index in [9.17, 15) is 13.2 Å². The van der Waals surface area contributed by atoms with Crippen molar-refractivity contribution < 1.29 is 17.9 Å². The smallest absolute Gasteiger partial charge is 0.416 e. The van der Waals surface area contributed by atoms with Gasteiger partial charge in [-0.3, -0.25) is 0 Å². The number of ether oxygens (including phenoxy) is 1. The predicted molar refractivity (Wildman–Crippen MR) is 83.4 cm³/mol. The van der Waals surface area contributed by atoms with E-state index < -0.39 is 11.7 Å². The lowest BCUT2D eigenvalue weighted by molar-refractivity contribution is -0.137. The summed E-state index contributed by atoms with van der Waals surface area (Å²) in [5, 5.41) is 1.08. The van der Waals surface area contributed by atoms with Crippen LogP contribution < -0.4 is 4.74 Å². The molecule has 2 nitrogen and oxygen atoms in total. The third-order valence-electron chi connectivity index (χ3n) is 3.85. The second-order valence-corrected chi connectivity index (χ2v) is 5.57. The molecule has 0 aliphatic carbocycles. The minimum absolute atomic E-state index is 0.210. The van der Waals surface area contributed by atoms with Crippen LogP contribution in [0.4, 0.5) is 13.2 Å². The molecule has 0 saturated carbocycles. The van der Waals surface area contributed by atoms with E-state index in [1.165, 1.54) is 12.1 Å². The summed E-state index contributed by atoms with van der Waals surface area (Å²) in [4.78, 5) is 0. The first-order valence-electron chi connectivity index (χ1n) is 7.19. The van der Waals surface area contributed by atoms with Gasteiger partial charge < -0.3 is 9.30 Å². The highest BCUT2D eigenvalue weighted by Crippen LogP contribution is 2.31. The molecule has 1 heterocycles. The van der Waals surface area contributed by atoms with E-state index in [4.69, 9.17) is 4.74 Å². The standard InChI is InChI=1S/C18H16F3NO/c1-12-6-7-13-9-15(22(2)17(13)8-12)11-23-16-5-3-4-14(10-16)18(19,20)21/h3-10H,11H2,1-2H3. The molecular formula is C18H16F3NO. The third kappa shape index (κ3) is 3.18. The molecule has 0 unspecified atom stereocenters. The van der Waals surface area contributed by atoms with Crippen molar-refractivity contribution in [3.05, 3.63) is 65.4 Å². The van der Waals surface area contributed by atoms with Crippen LogP contribution in [0.25, 0.3) is 10.9 Å². The van der Waals surface area contributed by atoms with Gasteiger partial charge >= 0.3 is 6.18 Å². The lowest BCUT2D eigenvalue weighted by Crippen LogP contribution is -2.06. The first kappa shape index (κ1) is 15.5. The van der Waals surface area contributed by atoms with Gasteiger partial charge in [0.05, 0.1) is 11.3 Å². The lowest BCUT2D eigenvalue weighted by atomic mass is 10.2. The summed E-state index contributed by atoms with van der Waals surface area (Å²) in [7, 11) is 1.92.